The van der Waals surface area contributed by atoms with Gasteiger partial charge in [-0.2, -0.15) is 0 Å². The summed E-state index contributed by atoms with van der Waals surface area (Å²) in [5.41, 5.74) is 0.550. The molecule has 3 unspecified atom stereocenters. The van der Waals surface area contributed by atoms with E-state index >= 15 is 0 Å². The van der Waals surface area contributed by atoms with Crippen molar-refractivity contribution in [1.29, 1.82) is 0 Å². The summed E-state index contributed by atoms with van der Waals surface area (Å²) in [6.07, 6.45) is 11.0. The van der Waals surface area contributed by atoms with Gasteiger partial charge in [0.25, 0.3) is 0 Å². The molecule has 44 heavy (non-hydrogen) atoms. The molecule has 4 rings (SSSR count). The van der Waals surface area contributed by atoms with Crippen molar-refractivity contribution in [3.05, 3.63) is 46.0 Å². The molecule has 262 valence electrons. The first-order valence-electron chi connectivity index (χ1n) is 14.6. The van der Waals surface area contributed by atoms with Gasteiger partial charge >= 0.3 is 67.1 Å². The minimum Gasteiger partial charge on any atom is -0.858 e. The summed E-state index contributed by atoms with van der Waals surface area (Å²) >= 11 is 0. The summed E-state index contributed by atoms with van der Waals surface area (Å²) in [6.45, 7) is 6.94. The molecule has 16 heteroatoms. The van der Waals surface area contributed by atoms with Gasteiger partial charge in [-0.05, 0) is 25.2 Å². The molecule has 3 fully saturated rings. The van der Waals surface area contributed by atoms with Gasteiger partial charge in [0, 0.05) is 55.7 Å². The van der Waals surface area contributed by atoms with E-state index in [4.69, 9.17) is 0 Å². The van der Waals surface area contributed by atoms with E-state index in [1.54, 1.807) is 12.3 Å². The van der Waals surface area contributed by atoms with E-state index in [0.717, 1.165) is 64.7 Å². The average molecular weight is 896 g/mol. The molecule has 4 aliphatic rings. The molecule has 0 aliphatic carbocycles. The molecule has 3 atom stereocenters. The summed E-state index contributed by atoms with van der Waals surface area (Å²) in [5, 5.41) is 36.0. The molecule has 0 aromatic rings. The van der Waals surface area contributed by atoms with Crippen molar-refractivity contribution in [3.63, 3.8) is 0 Å². The van der Waals surface area contributed by atoms with Gasteiger partial charge in [0.2, 0.25) is 17.7 Å². The van der Waals surface area contributed by atoms with Crippen molar-refractivity contribution in [2.75, 3.05) is 72.0 Å². The first-order chi connectivity index (χ1) is 19.5. The summed E-state index contributed by atoms with van der Waals surface area (Å²) in [4.78, 5) is 39.4. The molecule has 0 saturated carbocycles. The standard InChI is InChI=1S/C14H24N4O2.C14H21N4O2.3Ag.H2N/c2*19-13(11-3-1-5-15-9-11)17-7-8-18-14(20)12-4-2-6-16-10-12;;;;/h11-12H,1-10H2,(H,17,19)(H,18,20);1,3,9,12,15H,2,4-8,10H2,(H,17,19)(H,18,20);;;;1H2/q-2;-1;3*+1;-1/p-1. The Bertz CT molecular complexity index is 875. The number of nitrogens with one attached hydrogen (secondary N) is 4. The molecule has 0 aromatic heterocycles. The van der Waals surface area contributed by atoms with Gasteiger partial charge in [0.05, 0.1) is 6.54 Å². The Morgan fingerprint density at radius 1 is 0.773 bits per heavy atom. The fourth-order valence-corrected chi connectivity index (χ4v) is 4.84. The van der Waals surface area contributed by atoms with Gasteiger partial charge in [-0.3, -0.25) is 19.4 Å². The molecule has 3 saturated heterocycles. The molecule has 3 amide bonds. The van der Waals surface area contributed by atoms with Crippen LogP contribution in [0, 0.1) is 17.8 Å². The van der Waals surface area contributed by atoms with Crippen LogP contribution in [0.15, 0.2) is 28.9 Å². The molecular formula is C28H46Ag3N9O4-2. The van der Waals surface area contributed by atoms with Crippen LogP contribution in [0.5, 0.6) is 0 Å². The maximum atomic E-state index is 11.8. The van der Waals surface area contributed by atoms with Gasteiger partial charge in [-0.15, -0.1) is 39.3 Å². The summed E-state index contributed by atoms with van der Waals surface area (Å²) in [7, 11) is 0. The number of nitrogens with two attached hydrogens (primary N) is 1. The molecular weight excluding hydrogens is 850 g/mol. The monoisotopic (exact) mass is 893 g/mol. The van der Waals surface area contributed by atoms with E-state index in [2.05, 4.69) is 42.2 Å². The van der Waals surface area contributed by atoms with Crippen LogP contribution in [-0.2, 0) is 81.5 Å². The molecule has 0 spiro atoms. The third-order valence-corrected chi connectivity index (χ3v) is 7.19. The first kappa shape index (κ1) is 45.3. The number of aliphatic imine (C=N–C) groups is 1. The van der Waals surface area contributed by atoms with Gasteiger partial charge in [-0.25, -0.2) is 0 Å². The molecule has 4 aliphatic heterocycles. The molecule has 0 bridgehead atoms. The number of rotatable bonds is 10. The average Bonchev–Trinajstić information content (AvgIpc) is 3.03. The SMILES string of the molecule is O=C(NCCN=C([O-])C1=CNCC=C1)C1CCC[N-]C1.O=C(NCCNC(=O)C1CCC[N-]C1)C1CCC[N-]C1.[Ag+].[Ag+].[Ag+].[NH2-]. The Morgan fingerprint density at radius 3 is 1.57 bits per heavy atom. The first-order valence-corrected chi connectivity index (χ1v) is 14.6. The van der Waals surface area contributed by atoms with E-state index in [9.17, 15) is 19.5 Å². The number of nitrogens with zero attached hydrogens (tertiary/aromatic N) is 4. The molecule has 13 nitrogen and oxygen atoms in total. The van der Waals surface area contributed by atoms with E-state index in [1.807, 2.05) is 6.08 Å². The predicted molar refractivity (Wildman–Crippen MR) is 159 cm³/mol. The minimum absolute atomic E-state index is 0. The fourth-order valence-electron chi connectivity index (χ4n) is 4.84. The Hall–Kier alpha value is -0.779. The topological polar surface area (TPSA) is 211 Å². The molecule has 4 heterocycles. The second-order valence-corrected chi connectivity index (χ2v) is 10.4. The van der Waals surface area contributed by atoms with E-state index in [0.29, 0.717) is 51.4 Å². The van der Waals surface area contributed by atoms with Gasteiger partial charge in [0.15, 0.2) is 0 Å². The van der Waals surface area contributed by atoms with Crippen LogP contribution >= 0.6 is 0 Å². The van der Waals surface area contributed by atoms with Crippen molar-refractivity contribution < 1.29 is 86.6 Å². The molecule has 0 aromatic carbocycles. The van der Waals surface area contributed by atoms with Crippen molar-refractivity contribution in [2.45, 2.75) is 38.5 Å². The number of carbonyl (C=O) groups excluding carboxylic acids is 3. The molecule has 0 radical (unpaired) electrons. The summed E-state index contributed by atoms with van der Waals surface area (Å²) < 4.78 is 0. The third-order valence-electron chi connectivity index (χ3n) is 7.19. The largest absolute Gasteiger partial charge is 1.00 e. The predicted octanol–water partition coefficient (Wildman–Crippen LogP) is 1.18. The fraction of sp³-hybridized carbons (Fsp3) is 0.714. The van der Waals surface area contributed by atoms with Crippen molar-refractivity contribution in [2.24, 2.45) is 22.7 Å². The van der Waals surface area contributed by atoms with Gasteiger partial charge in [-0.1, -0.05) is 31.4 Å². The van der Waals surface area contributed by atoms with Crippen LogP contribution in [0.25, 0.3) is 22.1 Å². The van der Waals surface area contributed by atoms with Crippen molar-refractivity contribution >= 4 is 23.6 Å². The smallest absolute Gasteiger partial charge is 0.858 e. The van der Waals surface area contributed by atoms with Crippen LogP contribution in [0.1, 0.15) is 38.5 Å². The Kier molecular flexibility index (Phi) is 28.2. The number of hydrogen-bond acceptors (Lipinski definition) is 6. The van der Waals surface area contributed by atoms with E-state index < -0.39 is 0 Å². The number of amides is 3. The van der Waals surface area contributed by atoms with Gasteiger partial charge in [0.1, 0.15) is 0 Å². The van der Waals surface area contributed by atoms with Crippen LogP contribution in [0.3, 0.4) is 0 Å². The maximum Gasteiger partial charge on any atom is 1.00 e. The number of piperidine rings is 3. The minimum atomic E-state index is -0.254. The van der Waals surface area contributed by atoms with Crippen LogP contribution in [0.4, 0.5) is 0 Å². The van der Waals surface area contributed by atoms with Crippen LogP contribution in [-0.4, -0.2) is 95.6 Å². The number of carbonyl (C=O) groups is 3. The Morgan fingerprint density at radius 2 is 1.20 bits per heavy atom. The van der Waals surface area contributed by atoms with Crippen molar-refractivity contribution in [3.8, 4) is 0 Å². The zero-order valence-corrected chi connectivity index (χ0v) is 29.3. The Labute approximate surface area is 308 Å². The quantitative estimate of drug-likeness (QED) is 0.110. The van der Waals surface area contributed by atoms with Crippen LogP contribution in [0.2, 0.25) is 0 Å². The normalized spacial score (nSPS) is 22.6. The van der Waals surface area contributed by atoms with Crippen LogP contribution < -0.4 is 26.4 Å². The Balaban J connectivity index is 0. The summed E-state index contributed by atoms with van der Waals surface area (Å²) in [5.74, 6) is -0.0588. The van der Waals surface area contributed by atoms with Crippen molar-refractivity contribution in [1.82, 2.24) is 21.3 Å². The van der Waals surface area contributed by atoms with E-state index in [1.165, 1.54) is 0 Å². The second-order valence-electron chi connectivity index (χ2n) is 10.4. The maximum absolute atomic E-state index is 11.8. The second kappa shape index (κ2) is 27.3. The molecule has 6 N–H and O–H groups in total. The van der Waals surface area contributed by atoms with Gasteiger partial charge < -0.3 is 48.5 Å². The zero-order chi connectivity index (χ0) is 28.4. The van der Waals surface area contributed by atoms with E-state index in [-0.39, 0.29) is 115 Å². The third kappa shape index (κ3) is 17.8. The number of hydrogen-bond donors (Lipinski definition) is 4. The summed E-state index contributed by atoms with van der Waals surface area (Å²) in [6, 6.07) is 0. The number of dihydropyridines is 1. The zero-order valence-electron chi connectivity index (χ0n) is 24.9.